The molecule has 5 nitrogen and oxygen atoms in total. The molecule has 2 aromatic carbocycles. The lowest BCUT2D eigenvalue weighted by Gasteiger charge is -2.08. The molecule has 3 aromatic rings. The van der Waals surface area contributed by atoms with E-state index in [9.17, 15) is 8.42 Å². The molecule has 0 saturated carbocycles. The second kappa shape index (κ2) is 7.29. The Labute approximate surface area is 149 Å². The predicted octanol–water partition coefficient (Wildman–Crippen LogP) is 3.25. The number of imidazole rings is 1. The van der Waals surface area contributed by atoms with Crippen LogP contribution in [-0.2, 0) is 22.3 Å². The highest BCUT2D eigenvalue weighted by molar-refractivity contribution is 9.10. The monoisotopic (exact) mass is 405 g/mol. The minimum absolute atomic E-state index is 0.0343. The van der Waals surface area contributed by atoms with Crippen molar-refractivity contribution in [2.75, 3.05) is 0 Å². The van der Waals surface area contributed by atoms with Gasteiger partial charge < -0.3 is 4.57 Å². The van der Waals surface area contributed by atoms with Crippen LogP contribution in [0.4, 0.5) is 0 Å². The second-order valence-corrected chi connectivity index (χ2v) is 8.07. The van der Waals surface area contributed by atoms with Crippen molar-refractivity contribution in [1.82, 2.24) is 14.3 Å². The fourth-order valence-electron chi connectivity index (χ4n) is 2.24. The van der Waals surface area contributed by atoms with Gasteiger partial charge in [0.15, 0.2) is 0 Å². The zero-order valence-corrected chi connectivity index (χ0v) is 15.2. The molecule has 0 bridgehead atoms. The maximum absolute atomic E-state index is 12.2. The number of hydrogen-bond donors (Lipinski definition) is 1. The molecule has 1 aromatic heterocycles. The molecule has 0 aliphatic rings. The summed E-state index contributed by atoms with van der Waals surface area (Å²) in [6.45, 7) is 0.267. The summed E-state index contributed by atoms with van der Waals surface area (Å²) in [4.78, 5) is 4.00. The topological polar surface area (TPSA) is 64.0 Å². The summed E-state index contributed by atoms with van der Waals surface area (Å²) in [6.07, 6.45) is 5.29. The van der Waals surface area contributed by atoms with Crippen LogP contribution in [-0.4, -0.2) is 18.0 Å². The van der Waals surface area contributed by atoms with Gasteiger partial charge >= 0.3 is 0 Å². The molecule has 24 heavy (non-hydrogen) atoms. The summed E-state index contributed by atoms with van der Waals surface area (Å²) in [6, 6.07) is 14.9. The van der Waals surface area contributed by atoms with E-state index in [2.05, 4.69) is 25.6 Å². The molecule has 1 heterocycles. The fraction of sp³-hybridized carbons (Fsp3) is 0.118. The van der Waals surface area contributed by atoms with Crippen LogP contribution in [0.1, 0.15) is 11.1 Å². The van der Waals surface area contributed by atoms with Gasteiger partial charge in [-0.3, -0.25) is 0 Å². The van der Waals surface area contributed by atoms with Crippen LogP contribution in [0.15, 0.2) is 71.7 Å². The third kappa shape index (κ3) is 4.53. The molecule has 3 rings (SSSR count). The van der Waals surface area contributed by atoms with E-state index in [-0.39, 0.29) is 12.3 Å². The summed E-state index contributed by atoms with van der Waals surface area (Å²) in [7, 11) is -3.38. The van der Waals surface area contributed by atoms with Gasteiger partial charge in [0.05, 0.1) is 12.1 Å². The number of sulfonamides is 1. The van der Waals surface area contributed by atoms with E-state index in [0.717, 1.165) is 21.3 Å². The average molecular weight is 406 g/mol. The van der Waals surface area contributed by atoms with Gasteiger partial charge in [0.1, 0.15) is 0 Å². The number of nitrogens with zero attached hydrogens (tertiary/aromatic N) is 2. The number of nitrogens with one attached hydrogen (secondary N) is 1. The Balaban J connectivity index is 1.61. The highest BCUT2D eigenvalue weighted by atomic mass is 79.9. The first-order valence-electron chi connectivity index (χ1n) is 7.31. The first-order chi connectivity index (χ1) is 11.5. The second-order valence-electron chi connectivity index (χ2n) is 5.34. The zero-order valence-electron chi connectivity index (χ0n) is 12.8. The van der Waals surface area contributed by atoms with E-state index in [4.69, 9.17) is 0 Å². The maximum Gasteiger partial charge on any atom is 0.216 e. The van der Waals surface area contributed by atoms with Crippen LogP contribution < -0.4 is 4.72 Å². The fourth-order valence-corrected chi connectivity index (χ4v) is 3.63. The van der Waals surface area contributed by atoms with E-state index >= 15 is 0 Å². The van der Waals surface area contributed by atoms with Gasteiger partial charge in [-0.15, -0.1) is 0 Å². The lowest BCUT2D eigenvalue weighted by molar-refractivity contribution is 0.580. The van der Waals surface area contributed by atoms with Gasteiger partial charge in [0.25, 0.3) is 0 Å². The van der Waals surface area contributed by atoms with Crippen molar-refractivity contribution in [3.05, 3.63) is 82.9 Å². The summed E-state index contributed by atoms with van der Waals surface area (Å²) >= 11 is 3.34. The van der Waals surface area contributed by atoms with E-state index in [0.29, 0.717) is 0 Å². The highest BCUT2D eigenvalue weighted by Crippen LogP contribution is 2.13. The predicted molar refractivity (Wildman–Crippen MR) is 97.2 cm³/mol. The Kier molecular flexibility index (Phi) is 5.13. The van der Waals surface area contributed by atoms with Crippen LogP contribution >= 0.6 is 15.9 Å². The molecule has 7 heteroatoms. The minimum atomic E-state index is -3.38. The van der Waals surface area contributed by atoms with Crippen molar-refractivity contribution in [1.29, 1.82) is 0 Å². The quantitative estimate of drug-likeness (QED) is 0.684. The normalized spacial score (nSPS) is 11.5. The Bertz CT molecular complexity index is 890. The Morgan fingerprint density at radius 2 is 1.67 bits per heavy atom. The Morgan fingerprint density at radius 1 is 1.00 bits per heavy atom. The molecule has 0 saturated heterocycles. The number of benzene rings is 2. The lowest BCUT2D eigenvalue weighted by Crippen LogP contribution is -2.24. The molecule has 0 spiro atoms. The van der Waals surface area contributed by atoms with Crippen molar-refractivity contribution in [3.63, 3.8) is 0 Å². The molecule has 0 fully saturated rings. The smallest absolute Gasteiger partial charge is 0.216 e. The maximum atomic E-state index is 12.2. The molecule has 124 valence electrons. The lowest BCUT2D eigenvalue weighted by atomic mass is 10.2. The van der Waals surface area contributed by atoms with Crippen molar-refractivity contribution in [2.45, 2.75) is 12.3 Å². The molecule has 1 N–H and O–H groups in total. The molecular weight excluding hydrogens is 390 g/mol. The SMILES string of the molecule is O=S(=O)(Cc1ccc(Br)cc1)NCc1ccc(-n2ccnc2)cc1. The molecule has 0 aliphatic carbocycles. The van der Waals surface area contributed by atoms with Crippen molar-refractivity contribution >= 4 is 26.0 Å². The van der Waals surface area contributed by atoms with Crippen LogP contribution in [0, 0.1) is 0 Å². The van der Waals surface area contributed by atoms with E-state index in [1.807, 2.05) is 47.2 Å². The molecule has 0 unspecified atom stereocenters. The van der Waals surface area contributed by atoms with E-state index in [1.54, 1.807) is 24.7 Å². The summed E-state index contributed by atoms with van der Waals surface area (Å²) in [5.74, 6) is -0.0343. The van der Waals surface area contributed by atoms with Gasteiger partial charge in [0.2, 0.25) is 10.0 Å². The first kappa shape index (κ1) is 16.9. The molecule has 0 aliphatic heterocycles. The van der Waals surface area contributed by atoms with Gasteiger partial charge in [0, 0.05) is 29.1 Å². The van der Waals surface area contributed by atoms with Crippen LogP contribution in [0.3, 0.4) is 0 Å². The Hall–Kier alpha value is -1.96. The summed E-state index contributed by atoms with van der Waals surface area (Å²) in [5.41, 5.74) is 2.63. The zero-order chi connectivity index (χ0) is 17.0. The third-order valence-electron chi connectivity index (χ3n) is 3.51. The standard InChI is InChI=1S/C17H16BrN3O2S/c18-16-5-1-15(2-6-16)12-24(22,23)20-11-14-3-7-17(8-4-14)21-10-9-19-13-21/h1-10,13,20H,11-12H2. The molecule has 0 atom stereocenters. The van der Waals surface area contributed by atoms with Crippen LogP contribution in [0.25, 0.3) is 5.69 Å². The van der Waals surface area contributed by atoms with Gasteiger partial charge in [-0.05, 0) is 35.4 Å². The molecule has 0 radical (unpaired) electrons. The number of aromatic nitrogens is 2. The third-order valence-corrected chi connectivity index (χ3v) is 5.33. The minimum Gasteiger partial charge on any atom is -0.306 e. The molecule has 0 amide bonds. The Morgan fingerprint density at radius 3 is 2.29 bits per heavy atom. The largest absolute Gasteiger partial charge is 0.306 e. The van der Waals surface area contributed by atoms with Gasteiger partial charge in [-0.25, -0.2) is 18.1 Å². The van der Waals surface area contributed by atoms with Crippen molar-refractivity contribution in [3.8, 4) is 5.69 Å². The average Bonchev–Trinajstić information content (AvgIpc) is 3.10. The van der Waals surface area contributed by atoms with Crippen molar-refractivity contribution < 1.29 is 8.42 Å². The van der Waals surface area contributed by atoms with Crippen LogP contribution in [0.2, 0.25) is 0 Å². The number of rotatable bonds is 6. The summed E-state index contributed by atoms with van der Waals surface area (Å²) < 4.78 is 29.8. The van der Waals surface area contributed by atoms with Gasteiger partial charge in [-0.1, -0.05) is 40.2 Å². The van der Waals surface area contributed by atoms with E-state index < -0.39 is 10.0 Å². The molecular formula is C17H16BrN3O2S. The summed E-state index contributed by atoms with van der Waals surface area (Å²) in [5, 5.41) is 0. The highest BCUT2D eigenvalue weighted by Gasteiger charge is 2.11. The van der Waals surface area contributed by atoms with Gasteiger partial charge in [-0.2, -0.15) is 0 Å². The first-order valence-corrected chi connectivity index (χ1v) is 9.75. The van der Waals surface area contributed by atoms with Crippen LogP contribution in [0.5, 0.6) is 0 Å². The number of halogens is 1. The number of hydrogen-bond acceptors (Lipinski definition) is 3. The van der Waals surface area contributed by atoms with E-state index in [1.165, 1.54) is 0 Å². The van der Waals surface area contributed by atoms with Crippen molar-refractivity contribution in [2.24, 2.45) is 0 Å².